The molecule has 0 bridgehead atoms. The molecule has 1 rings (SSSR count). The van der Waals surface area contributed by atoms with E-state index in [0.29, 0.717) is 18.8 Å². The van der Waals surface area contributed by atoms with Crippen molar-refractivity contribution in [1.29, 1.82) is 0 Å². The Kier molecular flexibility index (Phi) is 4.81. The number of ether oxygens (including phenoxy) is 1. The van der Waals surface area contributed by atoms with Crippen LogP contribution in [0.25, 0.3) is 0 Å². The van der Waals surface area contributed by atoms with Gasteiger partial charge in [0.1, 0.15) is 21.3 Å². The molecule has 0 fully saturated rings. The van der Waals surface area contributed by atoms with E-state index in [1.165, 1.54) is 6.07 Å². The van der Waals surface area contributed by atoms with Crippen molar-refractivity contribution in [3.05, 3.63) is 23.8 Å². The first-order valence-electron chi connectivity index (χ1n) is 5.57. The van der Waals surface area contributed by atoms with Gasteiger partial charge in [-0.3, -0.25) is 0 Å². The van der Waals surface area contributed by atoms with Crippen LogP contribution in [0.5, 0.6) is 11.5 Å². The van der Waals surface area contributed by atoms with Crippen LogP contribution in [0.15, 0.2) is 18.2 Å². The van der Waals surface area contributed by atoms with Crippen molar-refractivity contribution < 1.29 is 18.3 Å². The van der Waals surface area contributed by atoms with Crippen LogP contribution in [-0.4, -0.2) is 31.6 Å². The molecule has 1 N–H and O–H groups in total. The van der Waals surface area contributed by atoms with Crippen LogP contribution in [-0.2, 0) is 9.84 Å². The second-order valence-corrected chi connectivity index (χ2v) is 6.42. The smallest absolute Gasteiger partial charge is 0.150 e. The zero-order valence-electron chi connectivity index (χ0n) is 10.1. The molecule has 0 saturated carbocycles. The van der Waals surface area contributed by atoms with Gasteiger partial charge in [-0.2, -0.15) is 0 Å². The van der Waals surface area contributed by atoms with Crippen molar-refractivity contribution in [3.8, 4) is 11.5 Å². The molecule has 96 valence electrons. The standard InChI is InChI=1S/C12H18O4S/c1-3-17(14,15)6-4-5-16-12-8-10(2)7-11(13)9-12/h7-9,13H,3-6H2,1-2H3. The lowest BCUT2D eigenvalue weighted by Gasteiger charge is -2.07. The SMILES string of the molecule is CCS(=O)(=O)CCCOc1cc(C)cc(O)c1. The molecule has 0 amide bonds. The number of phenols is 1. The van der Waals surface area contributed by atoms with Crippen LogP contribution >= 0.6 is 0 Å². The highest BCUT2D eigenvalue weighted by atomic mass is 32.2. The zero-order valence-corrected chi connectivity index (χ0v) is 11.0. The summed E-state index contributed by atoms with van der Waals surface area (Å²) in [5.74, 6) is 1.03. The quantitative estimate of drug-likeness (QED) is 0.792. The second-order valence-electron chi connectivity index (χ2n) is 3.94. The summed E-state index contributed by atoms with van der Waals surface area (Å²) >= 11 is 0. The molecule has 1 aromatic rings. The first-order chi connectivity index (χ1) is 7.93. The normalized spacial score (nSPS) is 11.4. The summed E-state index contributed by atoms with van der Waals surface area (Å²) in [6.07, 6.45) is 0.463. The Morgan fingerprint density at radius 1 is 1.29 bits per heavy atom. The molecule has 5 heteroatoms. The Morgan fingerprint density at radius 3 is 2.59 bits per heavy atom. The lowest BCUT2D eigenvalue weighted by Crippen LogP contribution is -2.11. The van der Waals surface area contributed by atoms with Gasteiger partial charge in [-0.05, 0) is 31.0 Å². The third-order valence-corrected chi connectivity index (χ3v) is 4.13. The van der Waals surface area contributed by atoms with Gasteiger partial charge in [-0.15, -0.1) is 0 Å². The van der Waals surface area contributed by atoms with E-state index in [1.54, 1.807) is 19.1 Å². The topological polar surface area (TPSA) is 63.6 Å². The van der Waals surface area contributed by atoms with Crippen molar-refractivity contribution in [3.63, 3.8) is 0 Å². The maximum atomic E-state index is 11.2. The predicted octanol–water partition coefficient (Wildman–Crippen LogP) is 1.90. The molecule has 0 aliphatic rings. The van der Waals surface area contributed by atoms with E-state index in [4.69, 9.17) is 4.74 Å². The summed E-state index contributed by atoms with van der Waals surface area (Å²) in [4.78, 5) is 0. The molecule has 0 saturated heterocycles. The fourth-order valence-corrected chi connectivity index (χ4v) is 2.27. The lowest BCUT2D eigenvalue weighted by molar-refractivity contribution is 0.315. The Labute approximate surface area is 102 Å². The first kappa shape index (κ1) is 13.8. The van der Waals surface area contributed by atoms with E-state index >= 15 is 0 Å². The molecule has 0 aliphatic heterocycles. The molecule has 0 aliphatic carbocycles. The second kappa shape index (κ2) is 5.91. The van der Waals surface area contributed by atoms with Crippen molar-refractivity contribution in [2.75, 3.05) is 18.1 Å². The summed E-state index contributed by atoms with van der Waals surface area (Å²) in [5, 5.41) is 9.34. The monoisotopic (exact) mass is 258 g/mol. The minimum absolute atomic E-state index is 0.140. The summed E-state index contributed by atoms with van der Waals surface area (Å²) in [6.45, 7) is 3.82. The molecule has 4 nitrogen and oxygen atoms in total. The maximum Gasteiger partial charge on any atom is 0.150 e. The third-order valence-electron chi connectivity index (χ3n) is 2.34. The molecule has 0 atom stereocenters. The predicted molar refractivity (Wildman–Crippen MR) is 67.3 cm³/mol. The van der Waals surface area contributed by atoms with E-state index in [-0.39, 0.29) is 17.3 Å². The van der Waals surface area contributed by atoms with Gasteiger partial charge in [0.15, 0.2) is 0 Å². The summed E-state index contributed by atoms with van der Waals surface area (Å²) in [6, 6.07) is 4.95. The number of hydrogen-bond donors (Lipinski definition) is 1. The highest BCUT2D eigenvalue weighted by Gasteiger charge is 2.06. The molecule has 0 unspecified atom stereocenters. The average Bonchev–Trinajstić information content (AvgIpc) is 2.23. The lowest BCUT2D eigenvalue weighted by atomic mass is 10.2. The van der Waals surface area contributed by atoms with E-state index in [9.17, 15) is 13.5 Å². The van der Waals surface area contributed by atoms with E-state index in [0.717, 1.165) is 5.56 Å². The number of aryl methyl sites for hydroxylation is 1. The number of phenolic OH excluding ortho intramolecular Hbond substituents is 1. The van der Waals surface area contributed by atoms with Gasteiger partial charge in [0.25, 0.3) is 0 Å². The van der Waals surface area contributed by atoms with Gasteiger partial charge in [0, 0.05) is 11.8 Å². The van der Waals surface area contributed by atoms with Gasteiger partial charge in [-0.25, -0.2) is 8.42 Å². The van der Waals surface area contributed by atoms with Gasteiger partial charge < -0.3 is 9.84 Å². The van der Waals surface area contributed by atoms with E-state index < -0.39 is 9.84 Å². The van der Waals surface area contributed by atoms with Crippen LogP contribution < -0.4 is 4.74 Å². The van der Waals surface area contributed by atoms with Crippen LogP contribution in [0.1, 0.15) is 18.9 Å². The summed E-state index contributed by atoms with van der Waals surface area (Å²) < 4.78 is 27.8. The Hall–Kier alpha value is -1.23. The summed E-state index contributed by atoms with van der Waals surface area (Å²) in [5.41, 5.74) is 0.904. The number of rotatable bonds is 6. The Morgan fingerprint density at radius 2 is 2.00 bits per heavy atom. The van der Waals surface area contributed by atoms with Crippen molar-refractivity contribution in [1.82, 2.24) is 0 Å². The highest BCUT2D eigenvalue weighted by molar-refractivity contribution is 7.91. The van der Waals surface area contributed by atoms with Crippen molar-refractivity contribution in [2.45, 2.75) is 20.3 Å². The molecule has 0 radical (unpaired) electrons. The Bertz CT molecular complexity index is 445. The van der Waals surface area contributed by atoms with Crippen LogP contribution in [0.3, 0.4) is 0 Å². The fraction of sp³-hybridized carbons (Fsp3) is 0.500. The van der Waals surface area contributed by atoms with Gasteiger partial charge in [0.2, 0.25) is 0 Å². The van der Waals surface area contributed by atoms with Crippen LogP contribution in [0.4, 0.5) is 0 Å². The number of sulfone groups is 1. The molecule has 1 aromatic carbocycles. The van der Waals surface area contributed by atoms with Gasteiger partial charge in [0.05, 0.1) is 12.4 Å². The minimum atomic E-state index is -2.92. The van der Waals surface area contributed by atoms with E-state index in [2.05, 4.69) is 0 Å². The van der Waals surface area contributed by atoms with Crippen LogP contribution in [0.2, 0.25) is 0 Å². The molecular weight excluding hydrogens is 240 g/mol. The molecule has 0 aromatic heterocycles. The summed E-state index contributed by atoms with van der Waals surface area (Å²) in [7, 11) is -2.92. The number of aromatic hydroxyl groups is 1. The van der Waals surface area contributed by atoms with Crippen molar-refractivity contribution >= 4 is 9.84 Å². The zero-order chi connectivity index (χ0) is 12.9. The Balaban J connectivity index is 2.41. The number of hydrogen-bond acceptors (Lipinski definition) is 4. The third kappa shape index (κ3) is 5.08. The van der Waals surface area contributed by atoms with Crippen molar-refractivity contribution in [2.24, 2.45) is 0 Å². The maximum absolute atomic E-state index is 11.2. The van der Waals surface area contributed by atoms with Gasteiger partial charge >= 0.3 is 0 Å². The fourth-order valence-electron chi connectivity index (χ4n) is 1.42. The minimum Gasteiger partial charge on any atom is -0.508 e. The van der Waals surface area contributed by atoms with Crippen LogP contribution in [0, 0.1) is 6.92 Å². The van der Waals surface area contributed by atoms with Gasteiger partial charge in [-0.1, -0.05) is 6.92 Å². The van der Waals surface area contributed by atoms with E-state index in [1.807, 2.05) is 6.92 Å². The molecule has 0 spiro atoms. The highest BCUT2D eigenvalue weighted by Crippen LogP contribution is 2.21. The molecular formula is C12H18O4S. The molecule has 0 heterocycles. The first-order valence-corrected chi connectivity index (χ1v) is 7.39. The largest absolute Gasteiger partial charge is 0.508 e. The number of benzene rings is 1. The average molecular weight is 258 g/mol. The molecule has 17 heavy (non-hydrogen) atoms.